The number of esters is 1. The van der Waals surface area contributed by atoms with Crippen molar-refractivity contribution in [3.63, 3.8) is 0 Å². The minimum atomic E-state index is -0.619. The van der Waals surface area contributed by atoms with Gasteiger partial charge in [-0.1, -0.05) is 25.9 Å². The Morgan fingerprint density at radius 1 is 1.18 bits per heavy atom. The van der Waals surface area contributed by atoms with E-state index in [4.69, 9.17) is 14.0 Å². The summed E-state index contributed by atoms with van der Waals surface area (Å²) in [6.45, 7) is 14.9. The van der Waals surface area contributed by atoms with Crippen LogP contribution in [0.4, 0.5) is 4.79 Å². The lowest BCUT2D eigenvalue weighted by Gasteiger charge is -2.39. The van der Waals surface area contributed by atoms with E-state index in [-0.39, 0.29) is 24.5 Å². The second-order valence-corrected chi connectivity index (χ2v) is 8.93. The van der Waals surface area contributed by atoms with Gasteiger partial charge in [0, 0.05) is 18.5 Å². The molecule has 0 unspecified atom stereocenters. The van der Waals surface area contributed by atoms with Gasteiger partial charge in [0.1, 0.15) is 11.6 Å². The predicted octanol–water partition coefficient (Wildman–Crippen LogP) is 2.35. The molecule has 0 aromatic carbocycles. The van der Waals surface area contributed by atoms with Gasteiger partial charge in [0.25, 0.3) is 0 Å². The van der Waals surface area contributed by atoms with Gasteiger partial charge >= 0.3 is 12.1 Å². The Kier molecular flexibility index (Phi) is 6.69. The Morgan fingerprint density at radius 3 is 2.39 bits per heavy atom. The maximum absolute atomic E-state index is 12.5. The molecule has 1 fully saturated rings. The first-order chi connectivity index (χ1) is 12.9. The Labute approximate surface area is 166 Å². The van der Waals surface area contributed by atoms with E-state index in [0.717, 1.165) is 0 Å². The van der Waals surface area contributed by atoms with Gasteiger partial charge in [-0.15, -0.1) is 0 Å². The third-order valence-corrected chi connectivity index (χ3v) is 4.18. The molecule has 0 radical (unpaired) electrons. The van der Waals surface area contributed by atoms with Gasteiger partial charge < -0.3 is 18.9 Å². The molecule has 2 heterocycles. The van der Waals surface area contributed by atoms with E-state index in [1.807, 2.05) is 46.4 Å². The highest BCUT2D eigenvalue weighted by molar-refractivity contribution is 5.78. The van der Waals surface area contributed by atoms with Crippen LogP contribution in [-0.2, 0) is 26.2 Å². The molecule has 9 heteroatoms. The molecule has 1 aromatic heterocycles. The molecule has 0 aliphatic carbocycles. The largest absolute Gasteiger partial charge is 0.465 e. The molecular formula is C19H32N4O5. The first-order valence-electron chi connectivity index (χ1n) is 9.62. The van der Waals surface area contributed by atoms with Crippen molar-refractivity contribution in [3.8, 4) is 0 Å². The minimum absolute atomic E-state index is 0.189. The summed E-state index contributed by atoms with van der Waals surface area (Å²) in [6, 6.07) is -0.619. The van der Waals surface area contributed by atoms with Crippen LogP contribution in [0.15, 0.2) is 4.52 Å². The van der Waals surface area contributed by atoms with Gasteiger partial charge in [-0.2, -0.15) is 4.98 Å². The predicted molar refractivity (Wildman–Crippen MR) is 102 cm³/mol. The lowest BCUT2D eigenvalue weighted by molar-refractivity contribution is -0.152. The van der Waals surface area contributed by atoms with Crippen molar-refractivity contribution in [1.29, 1.82) is 0 Å². The zero-order valence-electron chi connectivity index (χ0n) is 17.9. The van der Waals surface area contributed by atoms with Gasteiger partial charge in [-0.05, 0) is 27.7 Å². The number of piperazine rings is 1. The van der Waals surface area contributed by atoms with Gasteiger partial charge in [0.2, 0.25) is 5.89 Å². The number of carbonyl (C=O) groups is 2. The molecule has 0 spiro atoms. The number of amides is 1. The summed E-state index contributed by atoms with van der Waals surface area (Å²) in [7, 11) is 0. The van der Waals surface area contributed by atoms with E-state index in [1.54, 1.807) is 6.92 Å². The molecule has 158 valence electrons. The maximum atomic E-state index is 12.5. The van der Waals surface area contributed by atoms with Crippen LogP contribution in [0.2, 0.25) is 0 Å². The second kappa shape index (κ2) is 8.46. The van der Waals surface area contributed by atoms with Gasteiger partial charge in [-0.3, -0.25) is 9.69 Å². The molecule has 9 nitrogen and oxygen atoms in total. The number of hydrogen-bond donors (Lipinski definition) is 0. The Balaban J connectivity index is 2.12. The summed E-state index contributed by atoms with van der Waals surface area (Å²) >= 11 is 0. The number of aromatic nitrogens is 2. The van der Waals surface area contributed by atoms with E-state index in [0.29, 0.717) is 31.3 Å². The standard InChI is InChI=1S/C19H32N4O5/c1-8-26-15(24)13-11-23(17(25)27-19(5,6)7)10-9-22(13)12-14-20-16(21-28-14)18(2,3)4/h13H,8-12H2,1-7H3/t13-/m1/s1. The van der Waals surface area contributed by atoms with Crippen molar-refractivity contribution in [1.82, 2.24) is 19.9 Å². The third-order valence-electron chi connectivity index (χ3n) is 4.18. The summed E-state index contributed by atoms with van der Waals surface area (Å²) in [5, 5.41) is 4.03. The Hall–Kier alpha value is -2.16. The molecule has 1 aliphatic rings. The van der Waals surface area contributed by atoms with E-state index in [9.17, 15) is 9.59 Å². The van der Waals surface area contributed by atoms with Crippen molar-refractivity contribution in [2.24, 2.45) is 0 Å². The average Bonchev–Trinajstić information content (AvgIpc) is 3.02. The highest BCUT2D eigenvalue weighted by Crippen LogP contribution is 2.21. The molecule has 2 rings (SSSR count). The van der Waals surface area contributed by atoms with E-state index < -0.39 is 17.7 Å². The van der Waals surface area contributed by atoms with Crippen LogP contribution in [0, 0.1) is 0 Å². The van der Waals surface area contributed by atoms with Crippen molar-refractivity contribution in [3.05, 3.63) is 11.7 Å². The molecule has 1 saturated heterocycles. The fourth-order valence-corrected chi connectivity index (χ4v) is 2.76. The Morgan fingerprint density at radius 2 is 1.86 bits per heavy atom. The molecular weight excluding hydrogens is 364 g/mol. The number of carbonyl (C=O) groups excluding carboxylic acids is 2. The van der Waals surface area contributed by atoms with Crippen LogP contribution >= 0.6 is 0 Å². The van der Waals surface area contributed by atoms with Crippen LogP contribution in [-0.4, -0.2) is 69.9 Å². The zero-order valence-corrected chi connectivity index (χ0v) is 17.9. The summed E-state index contributed by atoms with van der Waals surface area (Å²) in [5.74, 6) is 0.666. The third kappa shape index (κ3) is 5.92. The van der Waals surface area contributed by atoms with Gasteiger partial charge in [0.05, 0.1) is 19.7 Å². The second-order valence-electron chi connectivity index (χ2n) is 8.93. The summed E-state index contributed by atoms with van der Waals surface area (Å²) in [6.07, 6.45) is -0.436. The van der Waals surface area contributed by atoms with Crippen molar-refractivity contribution < 1.29 is 23.6 Å². The molecule has 28 heavy (non-hydrogen) atoms. The average molecular weight is 396 g/mol. The van der Waals surface area contributed by atoms with Crippen molar-refractivity contribution in [2.75, 3.05) is 26.2 Å². The van der Waals surface area contributed by atoms with Crippen LogP contribution in [0.25, 0.3) is 0 Å². The quantitative estimate of drug-likeness (QED) is 0.715. The van der Waals surface area contributed by atoms with E-state index in [1.165, 1.54) is 4.90 Å². The topological polar surface area (TPSA) is 98.0 Å². The summed E-state index contributed by atoms with van der Waals surface area (Å²) in [4.78, 5) is 32.8. The molecule has 0 N–H and O–H groups in total. The van der Waals surface area contributed by atoms with Crippen molar-refractivity contribution >= 4 is 12.1 Å². The van der Waals surface area contributed by atoms with Crippen LogP contribution < -0.4 is 0 Å². The number of rotatable bonds is 4. The van der Waals surface area contributed by atoms with Crippen molar-refractivity contribution in [2.45, 2.75) is 72.1 Å². The van der Waals surface area contributed by atoms with Crippen LogP contribution in [0.3, 0.4) is 0 Å². The number of nitrogens with zero attached hydrogens (tertiary/aromatic N) is 4. The Bertz CT molecular complexity index is 689. The summed E-state index contributed by atoms with van der Waals surface area (Å²) in [5.41, 5.74) is -0.821. The van der Waals surface area contributed by atoms with Gasteiger partial charge in [0.15, 0.2) is 5.82 Å². The lowest BCUT2D eigenvalue weighted by Crippen LogP contribution is -2.58. The smallest absolute Gasteiger partial charge is 0.410 e. The maximum Gasteiger partial charge on any atom is 0.410 e. The fourth-order valence-electron chi connectivity index (χ4n) is 2.76. The first-order valence-corrected chi connectivity index (χ1v) is 9.62. The van der Waals surface area contributed by atoms with Gasteiger partial charge in [-0.25, -0.2) is 4.79 Å². The van der Waals surface area contributed by atoms with Crippen LogP contribution in [0.5, 0.6) is 0 Å². The number of hydrogen-bond acceptors (Lipinski definition) is 8. The minimum Gasteiger partial charge on any atom is -0.465 e. The molecule has 1 aliphatic heterocycles. The molecule has 1 amide bonds. The molecule has 0 bridgehead atoms. The lowest BCUT2D eigenvalue weighted by atomic mass is 9.96. The SMILES string of the molecule is CCOC(=O)[C@H]1CN(C(=O)OC(C)(C)C)CCN1Cc1nc(C(C)(C)C)no1. The van der Waals surface area contributed by atoms with E-state index >= 15 is 0 Å². The van der Waals surface area contributed by atoms with Crippen LogP contribution in [0.1, 0.15) is 60.2 Å². The molecule has 0 saturated carbocycles. The number of ether oxygens (including phenoxy) is 2. The first kappa shape index (κ1) is 22.1. The highest BCUT2D eigenvalue weighted by Gasteiger charge is 2.37. The molecule has 1 aromatic rings. The fraction of sp³-hybridized carbons (Fsp3) is 0.789. The summed E-state index contributed by atoms with van der Waals surface area (Å²) < 4.78 is 16.0. The zero-order chi connectivity index (χ0) is 21.1. The molecule has 1 atom stereocenters. The monoisotopic (exact) mass is 396 g/mol. The highest BCUT2D eigenvalue weighted by atomic mass is 16.6. The van der Waals surface area contributed by atoms with E-state index in [2.05, 4.69) is 10.1 Å². The normalized spacial score (nSPS) is 18.8.